The van der Waals surface area contributed by atoms with Crippen molar-refractivity contribution in [3.05, 3.63) is 11.0 Å². The first-order valence-electron chi connectivity index (χ1n) is 7.33. The monoisotopic (exact) mass is 283 g/mol. The highest BCUT2D eigenvalue weighted by Gasteiger charge is 2.30. The van der Waals surface area contributed by atoms with Crippen LogP contribution in [0.5, 0.6) is 0 Å². The largest absolute Gasteiger partial charge is 0.348 e. The van der Waals surface area contributed by atoms with Crippen molar-refractivity contribution < 1.29 is 9.59 Å². The fraction of sp³-hybridized carbons (Fsp3) is 0.733. The summed E-state index contributed by atoms with van der Waals surface area (Å²) in [7, 11) is 0. The molecule has 4 heteroatoms. The maximum atomic E-state index is 12.2. The van der Waals surface area contributed by atoms with E-state index in [2.05, 4.69) is 12.2 Å². The molecule has 1 heterocycles. The SMILES string of the molecule is CCCCCSC1=CC(=O)C(CC)C(CC)NC1=O. The summed E-state index contributed by atoms with van der Waals surface area (Å²) in [5, 5.41) is 3.00. The van der Waals surface area contributed by atoms with E-state index in [9.17, 15) is 9.59 Å². The number of thioether (sulfide) groups is 1. The quantitative estimate of drug-likeness (QED) is 0.729. The lowest BCUT2D eigenvalue weighted by molar-refractivity contribution is -0.119. The Kier molecular flexibility index (Phi) is 7.21. The Morgan fingerprint density at radius 2 is 1.89 bits per heavy atom. The van der Waals surface area contributed by atoms with E-state index < -0.39 is 0 Å². The van der Waals surface area contributed by atoms with E-state index in [0.29, 0.717) is 4.91 Å². The number of unbranched alkanes of at least 4 members (excludes halogenated alkanes) is 2. The van der Waals surface area contributed by atoms with Crippen LogP contribution < -0.4 is 5.32 Å². The Labute approximate surface area is 120 Å². The predicted molar refractivity (Wildman–Crippen MR) is 81.1 cm³/mol. The zero-order valence-electron chi connectivity index (χ0n) is 12.2. The Bertz CT molecular complexity index is 352. The number of allylic oxidation sites excluding steroid dienone is 1. The number of carbonyl (C=O) groups excluding carboxylic acids is 2. The van der Waals surface area contributed by atoms with Crippen molar-refractivity contribution in [2.45, 2.75) is 58.9 Å². The van der Waals surface area contributed by atoms with Crippen LogP contribution in [-0.4, -0.2) is 23.5 Å². The van der Waals surface area contributed by atoms with Crippen molar-refractivity contribution in [3.63, 3.8) is 0 Å². The number of carbonyl (C=O) groups is 2. The topological polar surface area (TPSA) is 46.2 Å². The van der Waals surface area contributed by atoms with Crippen LogP contribution in [0.4, 0.5) is 0 Å². The molecule has 1 N–H and O–H groups in total. The van der Waals surface area contributed by atoms with Crippen LogP contribution in [0.2, 0.25) is 0 Å². The van der Waals surface area contributed by atoms with Crippen LogP contribution in [0.15, 0.2) is 11.0 Å². The second kappa shape index (κ2) is 8.41. The maximum absolute atomic E-state index is 12.2. The third kappa shape index (κ3) is 4.68. The predicted octanol–water partition coefficient (Wildman–Crippen LogP) is 3.30. The summed E-state index contributed by atoms with van der Waals surface area (Å²) in [6.45, 7) is 6.17. The van der Waals surface area contributed by atoms with Gasteiger partial charge in [-0.05, 0) is 25.0 Å². The number of hydrogen-bond donors (Lipinski definition) is 1. The lowest BCUT2D eigenvalue weighted by Gasteiger charge is -2.21. The molecule has 19 heavy (non-hydrogen) atoms. The molecule has 0 saturated heterocycles. The van der Waals surface area contributed by atoms with Gasteiger partial charge in [0.2, 0.25) is 0 Å². The molecule has 0 aliphatic carbocycles. The molecule has 2 atom stereocenters. The van der Waals surface area contributed by atoms with E-state index in [0.717, 1.165) is 25.0 Å². The lowest BCUT2D eigenvalue weighted by atomic mass is 9.91. The summed E-state index contributed by atoms with van der Waals surface area (Å²) in [6.07, 6.45) is 6.58. The van der Waals surface area contributed by atoms with Crippen LogP contribution in [0.1, 0.15) is 52.9 Å². The van der Waals surface area contributed by atoms with Gasteiger partial charge in [0.15, 0.2) is 5.78 Å². The average molecular weight is 283 g/mol. The normalized spacial score (nSPS) is 23.8. The third-order valence-corrected chi connectivity index (χ3v) is 4.66. The van der Waals surface area contributed by atoms with Crippen LogP contribution in [0.25, 0.3) is 0 Å². The van der Waals surface area contributed by atoms with Gasteiger partial charge >= 0.3 is 0 Å². The zero-order valence-corrected chi connectivity index (χ0v) is 13.0. The van der Waals surface area contributed by atoms with Gasteiger partial charge in [-0.1, -0.05) is 33.6 Å². The maximum Gasteiger partial charge on any atom is 0.258 e. The highest BCUT2D eigenvalue weighted by molar-refractivity contribution is 8.04. The summed E-state index contributed by atoms with van der Waals surface area (Å²) < 4.78 is 0. The lowest BCUT2D eigenvalue weighted by Crippen LogP contribution is -2.40. The molecule has 0 radical (unpaired) electrons. The fourth-order valence-corrected chi connectivity index (χ4v) is 3.31. The molecule has 0 spiro atoms. The second-order valence-corrected chi connectivity index (χ2v) is 6.11. The van der Waals surface area contributed by atoms with E-state index in [4.69, 9.17) is 0 Å². The molecule has 0 bridgehead atoms. The molecule has 0 saturated carbocycles. The molecule has 1 aliphatic rings. The second-order valence-electron chi connectivity index (χ2n) is 4.97. The van der Waals surface area contributed by atoms with E-state index in [-0.39, 0.29) is 23.7 Å². The van der Waals surface area contributed by atoms with Crippen LogP contribution >= 0.6 is 11.8 Å². The minimum absolute atomic E-state index is 0.0185. The van der Waals surface area contributed by atoms with Gasteiger partial charge in [0, 0.05) is 18.0 Å². The van der Waals surface area contributed by atoms with Crippen molar-refractivity contribution in [1.29, 1.82) is 0 Å². The summed E-state index contributed by atoms with van der Waals surface area (Å²) in [4.78, 5) is 24.9. The number of amides is 1. The highest BCUT2D eigenvalue weighted by atomic mass is 32.2. The molecule has 1 amide bonds. The summed E-state index contributed by atoms with van der Waals surface area (Å²) >= 11 is 1.52. The van der Waals surface area contributed by atoms with Crippen molar-refractivity contribution in [1.82, 2.24) is 5.32 Å². The number of nitrogens with one attached hydrogen (secondary N) is 1. The van der Waals surface area contributed by atoms with Gasteiger partial charge in [-0.15, -0.1) is 11.8 Å². The van der Waals surface area contributed by atoms with Gasteiger partial charge in [-0.25, -0.2) is 0 Å². The van der Waals surface area contributed by atoms with E-state index in [1.165, 1.54) is 24.6 Å². The van der Waals surface area contributed by atoms with Crippen molar-refractivity contribution >= 4 is 23.5 Å². The minimum atomic E-state index is -0.0716. The highest BCUT2D eigenvalue weighted by Crippen LogP contribution is 2.25. The average Bonchev–Trinajstić information content (AvgIpc) is 2.52. The molecular weight excluding hydrogens is 258 g/mol. The van der Waals surface area contributed by atoms with Crippen LogP contribution in [-0.2, 0) is 9.59 Å². The molecule has 1 aliphatic heterocycles. The van der Waals surface area contributed by atoms with Crippen molar-refractivity contribution in [2.24, 2.45) is 5.92 Å². The Morgan fingerprint density at radius 1 is 1.16 bits per heavy atom. The first-order valence-corrected chi connectivity index (χ1v) is 8.31. The van der Waals surface area contributed by atoms with Crippen LogP contribution in [0.3, 0.4) is 0 Å². The van der Waals surface area contributed by atoms with Gasteiger partial charge in [0.05, 0.1) is 4.91 Å². The smallest absolute Gasteiger partial charge is 0.258 e. The third-order valence-electron chi connectivity index (χ3n) is 3.55. The Balaban J connectivity index is 2.70. The molecule has 0 fully saturated rings. The molecule has 0 aromatic carbocycles. The van der Waals surface area contributed by atoms with Gasteiger partial charge < -0.3 is 5.32 Å². The number of hydrogen-bond acceptors (Lipinski definition) is 3. The van der Waals surface area contributed by atoms with Gasteiger partial charge in [0.25, 0.3) is 5.91 Å². The summed E-state index contributed by atoms with van der Waals surface area (Å²) in [5.74, 6) is 0.875. The van der Waals surface area contributed by atoms with E-state index >= 15 is 0 Å². The van der Waals surface area contributed by atoms with Gasteiger partial charge in [0.1, 0.15) is 0 Å². The standard InChI is InChI=1S/C15H25NO2S/c1-4-7-8-9-19-14-10-13(17)11(5-2)12(6-3)16-15(14)18/h10-12H,4-9H2,1-3H3,(H,16,18). The minimum Gasteiger partial charge on any atom is -0.348 e. The fourth-order valence-electron chi connectivity index (χ4n) is 2.35. The van der Waals surface area contributed by atoms with Crippen molar-refractivity contribution in [2.75, 3.05) is 5.75 Å². The molecule has 3 nitrogen and oxygen atoms in total. The summed E-state index contributed by atoms with van der Waals surface area (Å²) in [6, 6.07) is -0.0185. The Hall–Kier alpha value is -0.770. The number of rotatable bonds is 7. The molecule has 1 rings (SSSR count). The molecule has 0 aromatic rings. The van der Waals surface area contributed by atoms with Gasteiger partial charge in [-0.3, -0.25) is 9.59 Å². The Morgan fingerprint density at radius 3 is 2.47 bits per heavy atom. The molecule has 2 unspecified atom stereocenters. The van der Waals surface area contributed by atoms with Crippen LogP contribution in [0, 0.1) is 5.92 Å². The first-order chi connectivity index (χ1) is 9.13. The number of ketones is 1. The van der Waals surface area contributed by atoms with E-state index in [1.54, 1.807) is 6.08 Å². The van der Waals surface area contributed by atoms with E-state index in [1.807, 2.05) is 13.8 Å². The van der Waals surface area contributed by atoms with Gasteiger partial charge in [-0.2, -0.15) is 0 Å². The van der Waals surface area contributed by atoms with Crippen molar-refractivity contribution in [3.8, 4) is 0 Å². The molecule has 0 aromatic heterocycles. The molecule has 108 valence electrons. The first kappa shape index (κ1) is 16.3. The zero-order chi connectivity index (χ0) is 14.3. The summed E-state index contributed by atoms with van der Waals surface area (Å²) in [5.41, 5.74) is 0. The molecular formula is C15H25NO2S.